The number of benzene rings is 2. The highest BCUT2D eigenvalue weighted by Crippen LogP contribution is 2.27. The highest BCUT2D eigenvalue weighted by atomic mass is 16.2. The van der Waals surface area contributed by atoms with Crippen molar-refractivity contribution in [1.82, 2.24) is 0 Å². The number of rotatable bonds is 4. The van der Waals surface area contributed by atoms with E-state index >= 15 is 0 Å². The molecule has 0 unspecified atom stereocenters. The summed E-state index contributed by atoms with van der Waals surface area (Å²) in [6, 6.07) is 14.0. The highest BCUT2D eigenvalue weighted by Gasteiger charge is 2.35. The van der Waals surface area contributed by atoms with E-state index in [2.05, 4.69) is 37.4 Å². The summed E-state index contributed by atoms with van der Waals surface area (Å²) in [5.74, 6) is 0.0373. The Balaban J connectivity index is 1.69. The van der Waals surface area contributed by atoms with Crippen molar-refractivity contribution < 1.29 is 9.59 Å². The molecule has 0 aromatic heterocycles. The largest absolute Gasteiger partial charge is 0.326 e. The van der Waals surface area contributed by atoms with Gasteiger partial charge in [-0.05, 0) is 60.7 Å². The molecule has 1 aliphatic heterocycles. The van der Waals surface area contributed by atoms with E-state index in [0.29, 0.717) is 12.5 Å². The minimum atomic E-state index is -0.326. The lowest BCUT2D eigenvalue weighted by Gasteiger charge is -2.18. The quantitative estimate of drug-likeness (QED) is 0.887. The van der Waals surface area contributed by atoms with Crippen molar-refractivity contribution in [2.45, 2.75) is 40.0 Å². The Kier molecular flexibility index (Phi) is 5.12. The first-order valence-corrected chi connectivity index (χ1v) is 9.13. The summed E-state index contributed by atoms with van der Waals surface area (Å²) >= 11 is 0. The molecule has 1 atom stereocenters. The summed E-state index contributed by atoms with van der Waals surface area (Å²) in [5, 5.41) is 2.96. The van der Waals surface area contributed by atoms with Crippen LogP contribution < -0.4 is 10.2 Å². The predicted octanol–water partition coefficient (Wildman–Crippen LogP) is 4.42. The molecule has 136 valence electrons. The van der Waals surface area contributed by atoms with Crippen LogP contribution in [0.5, 0.6) is 0 Å². The van der Waals surface area contributed by atoms with Gasteiger partial charge in [0.25, 0.3) is 0 Å². The van der Waals surface area contributed by atoms with E-state index in [9.17, 15) is 9.59 Å². The summed E-state index contributed by atoms with van der Waals surface area (Å²) in [6.07, 6.45) is 0.253. The van der Waals surface area contributed by atoms with Crippen LogP contribution in [0.3, 0.4) is 0 Å². The fraction of sp³-hybridized carbons (Fsp3) is 0.364. The number of nitrogens with one attached hydrogen (secondary N) is 1. The average molecular weight is 350 g/mol. The van der Waals surface area contributed by atoms with Gasteiger partial charge in [-0.15, -0.1) is 0 Å². The molecule has 1 N–H and O–H groups in total. The molecule has 4 nitrogen and oxygen atoms in total. The van der Waals surface area contributed by atoms with E-state index in [4.69, 9.17) is 0 Å². The van der Waals surface area contributed by atoms with E-state index in [-0.39, 0.29) is 24.2 Å². The molecular weight excluding hydrogens is 324 g/mol. The highest BCUT2D eigenvalue weighted by molar-refractivity contribution is 6.03. The number of aryl methyl sites for hydroxylation is 2. The molecule has 26 heavy (non-hydrogen) atoms. The topological polar surface area (TPSA) is 49.4 Å². The predicted molar refractivity (Wildman–Crippen MR) is 106 cm³/mol. The molecule has 0 radical (unpaired) electrons. The summed E-state index contributed by atoms with van der Waals surface area (Å²) < 4.78 is 0. The Labute approximate surface area is 155 Å². The average Bonchev–Trinajstić information content (AvgIpc) is 2.96. The molecule has 1 aliphatic rings. The second-order valence-corrected chi connectivity index (χ2v) is 7.52. The second-order valence-electron chi connectivity index (χ2n) is 7.52. The number of hydrogen-bond donors (Lipinski definition) is 1. The third-order valence-corrected chi connectivity index (χ3v) is 4.86. The zero-order valence-electron chi connectivity index (χ0n) is 15.9. The molecule has 3 rings (SSSR count). The lowest BCUT2D eigenvalue weighted by atomic mass is 10.0. The van der Waals surface area contributed by atoms with Gasteiger partial charge in [-0.25, -0.2) is 0 Å². The maximum Gasteiger partial charge on any atom is 0.229 e. The van der Waals surface area contributed by atoms with Gasteiger partial charge in [0.05, 0.1) is 5.92 Å². The first kappa shape index (κ1) is 18.2. The molecule has 4 heteroatoms. The van der Waals surface area contributed by atoms with Gasteiger partial charge in [0.1, 0.15) is 0 Å². The zero-order chi connectivity index (χ0) is 18.8. The van der Waals surface area contributed by atoms with Crippen LogP contribution in [0.4, 0.5) is 11.4 Å². The van der Waals surface area contributed by atoms with Crippen molar-refractivity contribution in [2.24, 2.45) is 5.92 Å². The fourth-order valence-electron chi connectivity index (χ4n) is 3.46. The van der Waals surface area contributed by atoms with Gasteiger partial charge in [-0.1, -0.05) is 32.0 Å². The SMILES string of the molecule is Cc1cc(C)cc(NC(=O)[C@H]2CC(=O)N(c3ccc(C(C)C)cc3)C2)c1. The number of carbonyl (C=O) groups excluding carboxylic acids is 2. The Hall–Kier alpha value is -2.62. The third-order valence-electron chi connectivity index (χ3n) is 4.86. The minimum absolute atomic E-state index is 0.00266. The Morgan fingerprint density at radius 3 is 2.27 bits per heavy atom. The van der Waals surface area contributed by atoms with Gasteiger partial charge >= 0.3 is 0 Å². The molecule has 1 saturated heterocycles. The van der Waals surface area contributed by atoms with E-state index in [1.54, 1.807) is 4.90 Å². The molecular formula is C22H26N2O2. The van der Waals surface area contributed by atoms with E-state index < -0.39 is 0 Å². The molecule has 0 aliphatic carbocycles. The molecule has 0 saturated carbocycles. The zero-order valence-corrected chi connectivity index (χ0v) is 15.9. The normalized spacial score (nSPS) is 17.0. The smallest absolute Gasteiger partial charge is 0.229 e. The Morgan fingerprint density at radius 1 is 1.08 bits per heavy atom. The summed E-state index contributed by atoms with van der Waals surface area (Å²) in [4.78, 5) is 26.7. The first-order chi connectivity index (χ1) is 12.3. The van der Waals surface area contributed by atoms with Gasteiger partial charge in [0, 0.05) is 24.3 Å². The lowest BCUT2D eigenvalue weighted by molar-refractivity contribution is -0.122. The maximum absolute atomic E-state index is 12.6. The molecule has 2 aromatic rings. The van der Waals surface area contributed by atoms with Crippen LogP contribution in [0.1, 0.15) is 42.9 Å². The van der Waals surface area contributed by atoms with Crippen LogP contribution in [-0.2, 0) is 9.59 Å². The van der Waals surface area contributed by atoms with Gasteiger partial charge in [-0.2, -0.15) is 0 Å². The van der Waals surface area contributed by atoms with Gasteiger partial charge in [-0.3, -0.25) is 9.59 Å². The number of amides is 2. The number of nitrogens with zero attached hydrogens (tertiary/aromatic N) is 1. The van der Waals surface area contributed by atoms with Crippen molar-refractivity contribution in [3.63, 3.8) is 0 Å². The van der Waals surface area contributed by atoms with Crippen molar-refractivity contribution in [2.75, 3.05) is 16.8 Å². The first-order valence-electron chi connectivity index (χ1n) is 9.13. The van der Waals surface area contributed by atoms with Gasteiger partial charge in [0.15, 0.2) is 0 Å². The van der Waals surface area contributed by atoms with E-state index in [1.165, 1.54) is 5.56 Å². The van der Waals surface area contributed by atoms with E-state index in [0.717, 1.165) is 22.5 Å². The van der Waals surface area contributed by atoms with Crippen LogP contribution in [0.2, 0.25) is 0 Å². The molecule has 0 bridgehead atoms. The number of carbonyl (C=O) groups is 2. The second kappa shape index (κ2) is 7.32. The van der Waals surface area contributed by atoms with Crippen LogP contribution in [0.25, 0.3) is 0 Å². The molecule has 1 heterocycles. The molecule has 2 amide bonds. The minimum Gasteiger partial charge on any atom is -0.326 e. The number of hydrogen-bond acceptors (Lipinski definition) is 2. The van der Waals surface area contributed by atoms with Crippen molar-refractivity contribution in [3.8, 4) is 0 Å². The van der Waals surface area contributed by atoms with Crippen molar-refractivity contribution in [1.29, 1.82) is 0 Å². The molecule has 1 fully saturated rings. The van der Waals surface area contributed by atoms with Crippen LogP contribution >= 0.6 is 0 Å². The van der Waals surface area contributed by atoms with E-state index in [1.807, 2.05) is 38.1 Å². The van der Waals surface area contributed by atoms with Gasteiger partial charge < -0.3 is 10.2 Å². The Bertz CT molecular complexity index is 804. The van der Waals surface area contributed by atoms with Crippen molar-refractivity contribution in [3.05, 3.63) is 59.2 Å². The summed E-state index contributed by atoms with van der Waals surface area (Å²) in [5.41, 5.74) is 5.11. The van der Waals surface area contributed by atoms with Crippen LogP contribution in [-0.4, -0.2) is 18.4 Å². The van der Waals surface area contributed by atoms with Gasteiger partial charge in [0.2, 0.25) is 11.8 Å². The maximum atomic E-state index is 12.6. The van der Waals surface area contributed by atoms with Crippen LogP contribution in [0.15, 0.2) is 42.5 Å². The summed E-state index contributed by atoms with van der Waals surface area (Å²) in [7, 11) is 0. The van der Waals surface area contributed by atoms with Crippen molar-refractivity contribution >= 4 is 23.2 Å². The van der Waals surface area contributed by atoms with Crippen LogP contribution in [0, 0.1) is 19.8 Å². The summed E-state index contributed by atoms with van der Waals surface area (Å²) in [6.45, 7) is 8.72. The number of anilines is 2. The standard InChI is InChI=1S/C22H26N2O2/c1-14(2)17-5-7-20(8-6-17)24-13-18(12-21(24)25)22(26)23-19-10-15(3)9-16(4)11-19/h5-11,14,18H,12-13H2,1-4H3,(H,23,26)/t18-/m0/s1. The lowest BCUT2D eigenvalue weighted by Crippen LogP contribution is -2.28. The molecule has 0 spiro atoms. The molecule has 2 aromatic carbocycles. The monoisotopic (exact) mass is 350 g/mol. The Morgan fingerprint density at radius 2 is 1.69 bits per heavy atom. The fourth-order valence-corrected chi connectivity index (χ4v) is 3.46. The third kappa shape index (κ3) is 3.96.